The number of thioether (sulfide) groups is 1. The number of hydrogen-bond donors (Lipinski definition) is 0. The van der Waals surface area contributed by atoms with Gasteiger partial charge in [-0.1, -0.05) is 36.0 Å². The standard InChI is InChI=1S/C17H10F2N2OS2/c18-13-5-1-11(2-6-13)9-15-16(22)21(17(23)24-15)20-10-12-3-7-14(19)8-4-12/h1-10H/b15-9+,20-10-. The number of hydrazone groups is 1. The number of benzene rings is 2. The van der Waals surface area contributed by atoms with E-state index in [0.29, 0.717) is 20.4 Å². The second-order valence-electron chi connectivity index (χ2n) is 4.84. The highest BCUT2D eigenvalue weighted by molar-refractivity contribution is 8.26. The quantitative estimate of drug-likeness (QED) is 0.467. The predicted molar refractivity (Wildman–Crippen MR) is 95.4 cm³/mol. The fourth-order valence-corrected chi connectivity index (χ4v) is 3.12. The van der Waals surface area contributed by atoms with Gasteiger partial charge in [0.2, 0.25) is 0 Å². The molecule has 3 nitrogen and oxygen atoms in total. The Bertz CT molecular complexity index is 846. The molecule has 0 unspecified atom stereocenters. The molecule has 1 aliphatic heterocycles. The highest BCUT2D eigenvalue weighted by atomic mass is 32.2. The van der Waals surface area contributed by atoms with Crippen LogP contribution in [0.15, 0.2) is 58.5 Å². The van der Waals surface area contributed by atoms with Crippen molar-refractivity contribution in [3.63, 3.8) is 0 Å². The second-order valence-corrected chi connectivity index (χ2v) is 6.52. The largest absolute Gasteiger partial charge is 0.286 e. The molecule has 1 fully saturated rings. The maximum absolute atomic E-state index is 12.9. The maximum Gasteiger partial charge on any atom is 0.286 e. The van der Waals surface area contributed by atoms with Gasteiger partial charge in [-0.3, -0.25) is 4.79 Å². The summed E-state index contributed by atoms with van der Waals surface area (Å²) >= 11 is 6.28. The molecular formula is C17H10F2N2OS2. The molecule has 0 N–H and O–H groups in total. The number of amides is 1. The van der Waals surface area contributed by atoms with Crippen molar-refractivity contribution in [2.75, 3.05) is 0 Å². The summed E-state index contributed by atoms with van der Waals surface area (Å²) in [6, 6.07) is 11.5. The minimum atomic E-state index is -0.354. The molecule has 1 amide bonds. The zero-order chi connectivity index (χ0) is 17.1. The van der Waals surface area contributed by atoms with Gasteiger partial charge in [-0.05, 0) is 53.7 Å². The summed E-state index contributed by atoms with van der Waals surface area (Å²) in [5.74, 6) is -1.05. The Hall–Kier alpha value is -2.38. The van der Waals surface area contributed by atoms with Crippen LogP contribution in [0.1, 0.15) is 11.1 Å². The summed E-state index contributed by atoms with van der Waals surface area (Å²) in [4.78, 5) is 12.8. The maximum atomic E-state index is 12.9. The van der Waals surface area contributed by atoms with Crippen LogP contribution in [-0.4, -0.2) is 21.5 Å². The third-order valence-corrected chi connectivity index (χ3v) is 4.42. The van der Waals surface area contributed by atoms with Crippen LogP contribution in [-0.2, 0) is 4.79 Å². The first-order valence-electron chi connectivity index (χ1n) is 6.86. The summed E-state index contributed by atoms with van der Waals surface area (Å²) in [5.41, 5.74) is 1.34. The first-order valence-corrected chi connectivity index (χ1v) is 8.08. The number of rotatable bonds is 3. The van der Waals surface area contributed by atoms with E-state index in [1.807, 2.05) is 0 Å². The van der Waals surface area contributed by atoms with Gasteiger partial charge in [0, 0.05) is 0 Å². The first-order chi connectivity index (χ1) is 11.5. The molecule has 0 atom stereocenters. The Kier molecular flexibility index (Phi) is 4.82. The van der Waals surface area contributed by atoms with E-state index in [2.05, 4.69) is 5.10 Å². The summed E-state index contributed by atoms with van der Waals surface area (Å²) < 4.78 is 26.1. The molecule has 3 rings (SSSR count). The summed E-state index contributed by atoms with van der Waals surface area (Å²) in [7, 11) is 0. The zero-order valence-electron chi connectivity index (χ0n) is 12.1. The highest BCUT2D eigenvalue weighted by Gasteiger charge is 2.31. The van der Waals surface area contributed by atoms with Crippen LogP contribution in [0.5, 0.6) is 0 Å². The van der Waals surface area contributed by atoms with E-state index in [-0.39, 0.29) is 17.5 Å². The Labute approximate surface area is 146 Å². The molecule has 120 valence electrons. The number of halogens is 2. The predicted octanol–water partition coefficient (Wildman–Crippen LogP) is 4.20. The SMILES string of the molecule is O=C1/C(=C\c2ccc(F)cc2)SC(=S)N1/N=C\c1ccc(F)cc1. The minimum Gasteiger partial charge on any atom is -0.266 e. The number of carbonyl (C=O) groups is 1. The van der Waals surface area contributed by atoms with Gasteiger partial charge in [0.15, 0.2) is 4.32 Å². The van der Waals surface area contributed by atoms with Gasteiger partial charge in [-0.15, -0.1) is 0 Å². The third kappa shape index (κ3) is 3.74. The number of carbonyl (C=O) groups excluding carboxylic acids is 1. The van der Waals surface area contributed by atoms with Crippen LogP contribution in [0.4, 0.5) is 8.78 Å². The molecule has 2 aromatic carbocycles. The lowest BCUT2D eigenvalue weighted by Crippen LogP contribution is -2.22. The van der Waals surface area contributed by atoms with Gasteiger partial charge >= 0.3 is 0 Å². The van der Waals surface area contributed by atoms with Crippen molar-refractivity contribution in [2.24, 2.45) is 5.10 Å². The van der Waals surface area contributed by atoms with Gasteiger partial charge in [-0.25, -0.2) is 8.78 Å². The van der Waals surface area contributed by atoms with E-state index >= 15 is 0 Å². The molecule has 1 aliphatic rings. The van der Waals surface area contributed by atoms with Gasteiger partial charge in [0.05, 0.1) is 11.1 Å². The van der Waals surface area contributed by atoms with Gasteiger partial charge in [0.1, 0.15) is 11.6 Å². The van der Waals surface area contributed by atoms with Crippen LogP contribution in [0.25, 0.3) is 6.08 Å². The topological polar surface area (TPSA) is 32.7 Å². The van der Waals surface area contributed by atoms with Crippen LogP contribution in [0.3, 0.4) is 0 Å². The van der Waals surface area contributed by atoms with Gasteiger partial charge in [-0.2, -0.15) is 10.1 Å². The number of hydrogen-bond acceptors (Lipinski definition) is 4. The highest BCUT2D eigenvalue weighted by Crippen LogP contribution is 2.32. The van der Waals surface area contributed by atoms with E-state index in [4.69, 9.17) is 12.2 Å². The normalized spacial score (nSPS) is 16.6. The molecule has 0 bridgehead atoms. The van der Waals surface area contributed by atoms with Crippen LogP contribution in [0, 0.1) is 11.6 Å². The van der Waals surface area contributed by atoms with Crippen LogP contribution in [0.2, 0.25) is 0 Å². The monoisotopic (exact) mass is 360 g/mol. The summed E-state index contributed by atoms with van der Waals surface area (Å²) in [6.45, 7) is 0. The first kappa shape index (κ1) is 16.5. The van der Waals surface area contributed by atoms with Crippen molar-refractivity contribution in [3.05, 3.63) is 76.2 Å². The Balaban J connectivity index is 1.78. The second kappa shape index (κ2) is 7.02. The van der Waals surface area contributed by atoms with E-state index in [0.717, 1.165) is 16.8 Å². The summed E-state index contributed by atoms with van der Waals surface area (Å²) in [6.07, 6.45) is 3.07. The van der Waals surface area contributed by atoms with Crippen LogP contribution < -0.4 is 0 Å². The molecule has 0 spiro atoms. The molecule has 0 aromatic heterocycles. The van der Waals surface area contributed by atoms with E-state index in [1.165, 1.54) is 30.5 Å². The molecule has 0 radical (unpaired) electrons. The average molecular weight is 360 g/mol. The van der Waals surface area contributed by atoms with Crippen LogP contribution >= 0.6 is 24.0 Å². The molecular weight excluding hydrogens is 350 g/mol. The van der Waals surface area contributed by atoms with Crippen molar-refractivity contribution in [2.45, 2.75) is 0 Å². The Morgan fingerprint density at radius 3 is 2.08 bits per heavy atom. The molecule has 1 saturated heterocycles. The smallest absolute Gasteiger partial charge is 0.266 e. The zero-order valence-corrected chi connectivity index (χ0v) is 13.8. The lowest BCUT2D eigenvalue weighted by molar-refractivity contribution is -0.122. The third-order valence-electron chi connectivity index (χ3n) is 3.13. The average Bonchev–Trinajstić information content (AvgIpc) is 2.83. The van der Waals surface area contributed by atoms with Crippen molar-refractivity contribution in [3.8, 4) is 0 Å². The van der Waals surface area contributed by atoms with E-state index < -0.39 is 0 Å². The fourth-order valence-electron chi connectivity index (χ4n) is 1.94. The number of nitrogens with zero attached hydrogens (tertiary/aromatic N) is 2. The summed E-state index contributed by atoms with van der Waals surface area (Å²) in [5, 5.41) is 5.17. The molecule has 0 saturated carbocycles. The molecule has 24 heavy (non-hydrogen) atoms. The van der Waals surface area contributed by atoms with Crippen molar-refractivity contribution >= 4 is 46.5 Å². The van der Waals surface area contributed by atoms with E-state index in [1.54, 1.807) is 30.3 Å². The van der Waals surface area contributed by atoms with Crippen molar-refractivity contribution in [1.29, 1.82) is 0 Å². The lowest BCUT2D eigenvalue weighted by atomic mass is 10.2. The molecule has 0 aliphatic carbocycles. The Morgan fingerprint density at radius 2 is 1.50 bits per heavy atom. The Morgan fingerprint density at radius 1 is 0.958 bits per heavy atom. The number of thiocarbonyl (C=S) groups is 1. The van der Waals surface area contributed by atoms with Gasteiger partial charge in [0.25, 0.3) is 5.91 Å². The molecule has 1 heterocycles. The minimum absolute atomic E-state index is 0.298. The lowest BCUT2D eigenvalue weighted by Gasteiger charge is -2.05. The van der Waals surface area contributed by atoms with E-state index in [9.17, 15) is 13.6 Å². The van der Waals surface area contributed by atoms with Crippen molar-refractivity contribution < 1.29 is 13.6 Å². The van der Waals surface area contributed by atoms with Crippen molar-refractivity contribution in [1.82, 2.24) is 5.01 Å². The molecule has 2 aromatic rings. The molecule has 7 heteroatoms. The fraction of sp³-hybridized carbons (Fsp3) is 0. The van der Waals surface area contributed by atoms with Gasteiger partial charge < -0.3 is 0 Å².